The van der Waals surface area contributed by atoms with Crippen LogP contribution in [0.2, 0.25) is 0 Å². The van der Waals surface area contributed by atoms with Crippen LogP contribution in [0.5, 0.6) is 0 Å². The van der Waals surface area contributed by atoms with Crippen LogP contribution in [0, 0.1) is 13.8 Å². The summed E-state index contributed by atoms with van der Waals surface area (Å²) in [7, 11) is 1.80. The molecule has 0 spiro atoms. The zero-order valence-corrected chi connectivity index (χ0v) is 6.75. The van der Waals surface area contributed by atoms with Crippen molar-refractivity contribution in [3.05, 3.63) is 17.2 Å². The van der Waals surface area contributed by atoms with E-state index in [2.05, 4.69) is 4.98 Å². The Kier molecular flexibility index (Phi) is 1.68. The summed E-state index contributed by atoms with van der Waals surface area (Å²) in [5.74, 6) is -0.244. The van der Waals surface area contributed by atoms with Crippen molar-refractivity contribution in [1.82, 2.24) is 9.55 Å². The van der Waals surface area contributed by atoms with Crippen molar-refractivity contribution < 1.29 is 9.90 Å². The molecule has 11 heavy (non-hydrogen) atoms. The van der Waals surface area contributed by atoms with Crippen LogP contribution in [-0.2, 0) is 7.05 Å². The predicted molar refractivity (Wildman–Crippen MR) is 39.6 cm³/mol. The van der Waals surface area contributed by atoms with Crippen LogP contribution < -0.4 is 0 Å². The van der Waals surface area contributed by atoms with E-state index in [1.807, 2.05) is 0 Å². The largest absolute Gasteiger partial charge is 0.476 e. The first-order valence-electron chi connectivity index (χ1n) is 3.27. The molecule has 4 nitrogen and oxygen atoms in total. The molecule has 0 aromatic carbocycles. The third-order valence-electron chi connectivity index (χ3n) is 1.81. The van der Waals surface area contributed by atoms with Gasteiger partial charge < -0.3 is 9.67 Å². The normalized spacial score (nSPS) is 10.1. The van der Waals surface area contributed by atoms with Gasteiger partial charge in [-0.2, -0.15) is 0 Å². The number of hydrogen-bond donors (Lipinski definition) is 1. The Bertz CT molecular complexity index is 302. The molecule has 0 saturated carbocycles. The van der Waals surface area contributed by atoms with Gasteiger partial charge in [-0.25, -0.2) is 9.78 Å². The molecule has 0 atom stereocenters. The van der Waals surface area contributed by atoms with Crippen LogP contribution in [0.15, 0.2) is 0 Å². The highest BCUT2D eigenvalue weighted by atomic mass is 16.4. The molecule has 1 N–H and O–H groups in total. The Balaban J connectivity index is 3.29. The Morgan fingerprint density at radius 1 is 1.55 bits per heavy atom. The van der Waals surface area contributed by atoms with Gasteiger partial charge in [0.2, 0.25) is 0 Å². The zero-order valence-electron chi connectivity index (χ0n) is 6.75. The molecule has 1 heterocycles. The summed E-state index contributed by atoms with van der Waals surface area (Å²) in [6.45, 7) is 3.52. The van der Waals surface area contributed by atoms with Crippen molar-refractivity contribution in [3.63, 3.8) is 0 Å². The Morgan fingerprint density at radius 2 is 2.09 bits per heavy atom. The number of aromatic nitrogens is 2. The number of imidazole rings is 1. The molecule has 0 saturated heterocycles. The van der Waals surface area contributed by atoms with Gasteiger partial charge in [0, 0.05) is 12.7 Å². The van der Waals surface area contributed by atoms with Crippen LogP contribution in [0.1, 0.15) is 22.0 Å². The molecular formula is C7H10N2O2. The molecule has 0 bridgehead atoms. The van der Waals surface area contributed by atoms with E-state index in [1.54, 1.807) is 25.5 Å². The van der Waals surface area contributed by atoms with Gasteiger partial charge >= 0.3 is 5.97 Å². The number of carbonyl (C=O) groups is 1. The van der Waals surface area contributed by atoms with Crippen LogP contribution in [0.3, 0.4) is 0 Å². The van der Waals surface area contributed by atoms with Crippen LogP contribution in [0.25, 0.3) is 0 Å². The lowest BCUT2D eigenvalue weighted by molar-refractivity contribution is 0.0690. The van der Waals surface area contributed by atoms with Gasteiger partial charge in [0.1, 0.15) is 5.82 Å². The summed E-state index contributed by atoms with van der Waals surface area (Å²) in [5.41, 5.74) is 0.833. The molecule has 0 aliphatic carbocycles. The van der Waals surface area contributed by atoms with Crippen LogP contribution >= 0.6 is 0 Å². The smallest absolute Gasteiger partial charge is 0.356 e. The van der Waals surface area contributed by atoms with E-state index in [1.165, 1.54) is 0 Å². The van der Waals surface area contributed by atoms with Gasteiger partial charge in [0.25, 0.3) is 0 Å². The van der Waals surface area contributed by atoms with Crippen molar-refractivity contribution in [2.45, 2.75) is 13.8 Å². The molecule has 4 heteroatoms. The minimum Gasteiger partial charge on any atom is -0.476 e. The number of rotatable bonds is 1. The number of aromatic carboxylic acids is 1. The number of nitrogens with zero attached hydrogens (tertiary/aromatic N) is 2. The van der Waals surface area contributed by atoms with E-state index in [4.69, 9.17) is 5.11 Å². The maximum atomic E-state index is 10.5. The lowest BCUT2D eigenvalue weighted by atomic mass is 10.3. The topological polar surface area (TPSA) is 55.1 Å². The molecule has 0 radical (unpaired) electrons. The van der Waals surface area contributed by atoms with E-state index in [0.29, 0.717) is 5.69 Å². The molecule has 1 aromatic heterocycles. The molecule has 1 aromatic rings. The summed E-state index contributed by atoms with van der Waals surface area (Å²) >= 11 is 0. The number of aryl methyl sites for hydroxylation is 1. The number of hydrogen-bond acceptors (Lipinski definition) is 2. The van der Waals surface area contributed by atoms with Gasteiger partial charge in [-0.05, 0) is 13.8 Å². The summed E-state index contributed by atoms with van der Waals surface area (Å²) in [4.78, 5) is 14.4. The van der Waals surface area contributed by atoms with Gasteiger partial charge in [-0.1, -0.05) is 0 Å². The molecule has 0 aliphatic rings. The van der Waals surface area contributed by atoms with E-state index >= 15 is 0 Å². The molecule has 60 valence electrons. The first kappa shape index (κ1) is 7.78. The molecular weight excluding hydrogens is 144 g/mol. The maximum Gasteiger partial charge on any atom is 0.356 e. The zero-order chi connectivity index (χ0) is 8.59. The van der Waals surface area contributed by atoms with E-state index < -0.39 is 5.97 Å². The first-order chi connectivity index (χ1) is 5.04. The number of carboxylic acids is 1. The van der Waals surface area contributed by atoms with Gasteiger partial charge in [0.05, 0.1) is 0 Å². The average Bonchev–Trinajstić information content (AvgIpc) is 2.17. The second-order valence-corrected chi connectivity index (χ2v) is 2.46. The van der Waals surface area contributed by atoms with Crippen molar-refractivity contribution in [2.75, 3.05) is 0 Å². The van der Waals surface area contributed by atoms with Crippen molar-refractivity contribution in [1.29, 1.82) is 0 Å². The second kappa shape index (κ2) is 2.38. The minimum absolute atomic E-state index is 0.144. The predicted octanol–water partition coefficient (Wildman–Crippen LogP) is 0.735. The first-order valence-corrected chi connectivity index (χ1v) is 3.27. The summed E-state index contributed by atoms with van der Waals surface area (Å²) in [5, 5.41) is 8.63. The quantitative estimate of drug-likeness (QED) is 0.648. The summed E-state index contributed by atoms with van der Waals surface area (Å²) < 4.78 is 1.75. The van der Waals surface area contributed by atoms with E-state index in [9.17, 15) is 4.79 Å². The Morgan fingerprint density at radius 3 is 2.27 bits per heavy atom. The number of carboxylic acid groups (broad SMARTS) is 1. The van der Waals surface area contributed by atoms with Crippen molar-refractivity contribution in [3.8, 4) is 0 Å². The third kappa shape index (κ3) is 1.11. The second-order valence-electron chi connectivity index (χ2n) is 2.46. The average molecular weight is 154 g/mol. The summed E-state index contributed by atoms with van der Waals surface area (Å²) in [6.07, 6.45) is 0. The van der Waals surface area contributed by atoms with Crippen LogP contribution in [-0.4, -0.2) is 20.6 Å². The standard InChI is InChI=1S/C7H10N2O2/c1-4-6(7(10)11)8-5(2)9(4)3/h1-3H3,(H,10,11). The third-order valence-corrected chi connectivity index (χ3v) is 1.81. The Labute approximate surface area is 64.5 Å². The van der Waals surface area contributed by atoms with E-state index in [0.717, 1.165) is 5.82 Å². The Hall–Kier alpha value is -1.32. The highest BCUT2D eigenvalue weighted by Gasteiger charge is 2.13. The fraction of sp³-hybridized carbons (Fsp3) is 0.429. The fourth-order valence-corrected chi connectivity index (χ4v) is 0.922. The highest BCUT2D eigenvalue weighted by molar-refractivity contribution is 5.86. The lowest BCUT2D eigenvalue weighted by Crippen LogP contribution is -2.00. The fourth-order valence-electron chi connectivity index (χ4n) is 0.922. The van der Waals surface area contributed by atoms with Gasteiger partial charge in [0.15, 0.2) is 5.69 Å². The van der Waals surface area contributed by atoms with Gasteiger partial charge in [-0.15, -0.1) is 0 Å². The lowest BCUT2D eigenvalue weighted by Gasteiger charge is -1.95. The molecule has 0 unspecified atom stereocenters. The van der Waals surface area contributed by atoms with Gasteiger partial charge in [-0.3, -0.25) is 0 Å². The van der Waals surface area contributed by atoms with Crippen LogP contribution in [0.4, 0.5) is 0 Å². The maximum absolute atomic E-state index is 10.5. The van der Waals surface area contributed by atoms with Crippen molar-refractivity contribution >= 4 is 5.97 Å². The minimum atomic E-state index is -0.966. The highest BCUT2D eigenvalue weighted by Crippen LogP contribution is 2.07. The molecule has 0 amide bonds. The summed E-state index contributed by atoms with van der Waals surface area (Å²) in [6, 6.07) is 0. The van der Waals surface area contributed by atoms with Crippen molar-refractivity contribution in [2.24, 2.45) is 7.05 Å². The molecule has 1 rings (SSSR count). The van der Waals surface area contributed by atoms with E-state index in [-0.39, 0.29) is 5.69 Å². The molecule has 0 aliphatic heterocycles. The molecule has 0 fully saturated rings. The SMILES string of the molecule is Cc1nc(C(=O)O)c(C)n1C. The monoisotopic (exact) mass is 154 g/mol.